The molecule has 0 bridgehead atoms. The highest BCUT2D eigenvalue weighted by Gasteiger charge is 2.08. The zero-order valence-electron chi connectivity index (χ0n) is 12.8. The minimum absolute atomic E-state index is 0.0636. The fourth-order valence-corrected chi connectivity index (χ4v) is 2.54. The number of carbonyl (C=O) groups excluding carboxylic acids is 1. The summed E-state index contributed by atoms with van der Waals surface area (Å²) < 4.78 is 5.31. The standard InChI is InChI=1S/C17H23ClN2O2/c18-16-5-3-4-15(14-16)6-7-17(21)19-8-1-2-9-20-10-12-22-13-11-20/h3-7,14H,1-2,8-13H2,(H,19,21)/b7-6-. The van der Waals surface area contributed by atoms with E-state index in [0.717, 1.165) is 51.3 Å². The number of hydrogen-bond donors (Lipinski definition) is 1. The predicted octanol–water partition coefficient (Wildman–Crippen LogP) is 2.58. The van der Waals surface area contributed by atoms with Crippen LogP contribution in [-0.4, -0.2) is 50.2 Å². The Morgan fingerprint density at radius 3 is 2.91 bits per heavy atom. The van der Waals surface area contributed by atoms with Crippen LogP contribution in [0.4, 0.5) is 0 Å². The minimum atomic E-state index is -0.0636. The molecule has 1 aliphatic rings. The number of ether oxygens (including phenoxy) is 1. The molecule has 0 radical (unpaired) electrons. The van der Waals surface area contributed by atoms with Crippen LogP contribution in [0.5, 0.6) is 0 Å². The summed E-state index contributed by atoms with van der Waals surface area (Å²) in [5.41, 5.74) is 0.926. The van der Waals surface area contributed by atoms with Crippen LogP contribution in [0.1, 0.15) is 18.4 Å². The lowest BCUT2D eigenvalue weighted by molar-refractivity contribution is -0.116. The first-order chi connectivity index (χ1) is 10.7. The molecule has 1 amide bonds. The van der Waals surface area contributed by atoms with Crippen molar-refractivity contribution in [3.05, 3.63) is 40.9 Å². The van der Waals surface area contributed by atoms with Gasteiger partial charge in [0.15, 0.2) is 0 Å². The molecule has 1 N–H and O–H groups in total. The lowest BCUT2D eigenvalue weighted by atomic mass is 10.2. The van der Waals surface area contributed by atoms with E-state index in [9.17, 15) is 4.79 Å². The first kappa shape index (κ1) is 17.0. The summed E-state index contributed by atoms with van der Waals surface area (Å²) in [7, 11) is 0. The van der Waals surface area contributed by atoms with Gasteiger partial charge in [-0.25, -0.2) is 0 Å². The third-order valence-corrected chi connectivity index (χ3v) is 3.81. The number of nitrogens with one attached hydrogen (secondary N) is 1. The minimum Gasteiger partial charge on any atom is -0.379 e. The van der Waals surface area contributed by atoms with E-state index < -0.39 is 0 Å². The Hall–Kier alpha value is -1.36. The summed E-state index contributed by atoms with van der Waals surface area (Å²) in [6.07, 6.45) is 5.41. The molecule has 0 atom stereocenters. The fourth-order valence-electron chi connectivity index (χ4n) is 2.34. The molecule has 120 valence electrons. The van der Waals surface area contributed by atoms with Crippen LogP contribution in [0, 0.1) is 0 Å². The number of benzene rings is 1. The van der Waals surface area contributed by atoms with Gasteiger partial charge in [0.05, 0.1) is 13.2 Å². The summed E-state index contributed by atoms with van der Waals surface area (Å²) in [6, 6.07) is 7.42. The smallest absolute Gasteiger partial charge is 0.243 e. The molecule has 22 heavy (non-hydrogen) atoms. The van der Waals surface area contributed by atoms with Crippen molar-refractivity contribution in [1.82, 2.24) is 10.2 Å². The second-order valence-corrected chi connectivity index (χ2v) is 5.78. The second-order valence-electron chi connectivity index (χ2n) is 5.34. The maximum atomic E-state index is 11.7. The highest BCUT2D eigenvalue weighted by atomic mass is 35.5. The number of morpholine rings is 1. The van der Waals surface area contributed by atoms with Crippen molar-refractivity contribution in [1.29, 1.82) is 0 Å². The molecule has 2 rings (SSSR count). The van der Waals surface area contributed by atoms with Crippen molar-refractivity contribution in [2.24, 2.45) is 0 Å². The van der Waals surface area contributed by atoms with E-state index in [-0.39, 0.29) is 5.91 Å². The molecular weight excluding hydrogens is 300 g/mol. The lowest BCUT2D eigenvalue weighted by Crippen LogP contribution is -2.37. The van der Waals surface area contributed by atoms with Crippen LogP contribution in [0.25, 0.3) is 6.08 Å². The van der Waals surface area contributed by atoms with Gasteiger partial charge < -0.3 is 10.1 Å². The topological polar surface area (TPSA) is 41.6 Å². The summed E-state index contributed by atoms with van der Waals surface area (Å²) in [4.78, 5) is 14.1. The van der Waals surface area contributed by atoms with Crippen LogP contribution >= 0.6 is 11.6 Å². The van der Waals surface area contributed by atoms with Crippen molar-refractivity contribution < 1.29 is 9.53 Å². The summed E-state index contributed by atoms with van der Waals surface area (Å²) >= 11 is 5.90. The van der Waals surface area contributed by atoms with E-state index in [1.807, 2.05) is 24.3 Å². The summed E-state index contributed by atoms with van der Waals surface area (Å²) in [5, 5.41) is 3.58. The average molecular weight is 323 g/mol. The van der Waals surface area contributed by atoms with Crippen LogP contribution < -0.4 is 5.32 Å². The Labute approximate surface area is 137 Å². The molecule has 0 aromatic heterocycles. The van der Waals surface area contributed by atoms with Gasteiger partial charge in [-0.2, -0.15) is 0 Å². The monoisotopic (exact) mass is 322 g/mol. The molecule has 1 aromatic carbocycles. The molecule has 0 unspecified atom stereocenters. The van der Waals surface area contributed by atoms with Gasteiger partial charge in [-0.05, 0) is 43.2 Å². The van der Waals surface area contributed by atoms with Crippen molar-refractivity contribution in [3.63, 3.8) is 0 Å². The van der Waals surface area contributed by atoms with Gasteiger partial charge in [0.25, 0.3) is 0 Å². The molecular formula is C17H23ClN2O2. The maximum Gasteiger partial charge on any atom is 0.243 e. The number of halogens is 1. The molecule has 1 aliphatic heterocycles. The van der Waals surface area contributed by atoms with E-state index in [0.29, 0.717) is 11.6 Å². The molecule has 0 spiro atoms. The Morgan fingerprint density at radius 2 is 2.14 bits per heavy atom. The molecule has 0 saturated carbocycles. The third-order valence-electron chi connectivity index (χ3n) is 3.58. The SMILES string of the molecule is O=C(/C=C\c1cccc(Cl)c1)NCCCCN1CCOCC1. The van der Waals surface area contributed by atoms with Gasteiger partial charge in [0, 0.05) is 30.7 Å². The van der Waals surface area contributed by atoms with Crippen LogP contribution in [0.2, 0.25) is 5.02 Å². The van der Waals surface area contributed by atoms with Crippen LogP contribution in [-0.2, 0) is 9.53 Å². The third kappa shape index (κ3) is 6.60. The van der Waals surface area contributed by atoms with E-state index in [2.05, 4.69) is 10.2 Å². The van der Waals surface area contributed by atoms with Gasteiger partial charge in [-0.3, -0.25) is 9.69 Å². The Morgan fingerprint density at radius 1 is 1.32 bits per heavy atom. The second kappa shape index (κ2) is 9.62. The Kier molecular flexibility index (Phi) is 7.43. The first-order valence-electron chi connectivity index (χ1n) is 7.75. The number of amides is 1. The van der Waals surface area contributed by atoms with Gasteiger partial charge in [0.1, 0.15) is 0 Å². The number of unbranched alkanes of at least 4 members (excludes halogenated alkanes) is 1. The number of rotatable bonds is 7. The number of carbonyl (C=O) groups is 1. The lowest BCUT2D eigenvalue weighted by Gasteiger charge is -2.26. The van der Waals surface area contributed by atoms with Gasteiger partial charge >= 0.3 is 0 Å². The van der Waals surface area contributed by atoms with Crippen molar-refractivity contribution in [2.45, 2.75) is 12.8 Å². The fraction of sp³-hybridized carbons (Fsp3) is 0.471. The summed E-state index contributed by atoms with van der Waals surface area (Å²) in [6.45, 7) is 5.51. The number of hydrogen-bond acceptors (Lipinski definition) is 3. The zero-order valence-corrected chi connectivity index (χ0v) is 13.5. The van der Waals surface area contributed by atoms with Crippen molar-refractivity contribution in [2.75, 3.05) is 39.4 Å². The zero-order chi connectivity index (χ0) is 15.6. The van der Waals surface area contributed by atoms with Gasteiger partial charge in [-0.1, -0.05) is 23.7 Å². The Balaban J connectivity index is 1.57. The molecule has 0 aliphatic carbocycles. The Bertz CT molecular complexity index is 499. The van der Waals surface area contributed by atoms with E-state index in [4.69, 9.17) is 16.3 Å². The van der Waals surface area contributed by atoms with E-state index >= 15 is 0 Å². The predicted molar refractivity (Wildman–Crippen MR) is 90.0 cm³/mol. The highest BCUT2D eigenvalue weighted by molar-refractivity contribution is 6.30. The van der Waals surface area contributed by atoms with Crippen molar-refractivity contribution >= 4 is 23.6 Å². The normalized spacial score (nSPS) is 16.0. The van der Waals surface area contributed by atoms with E-state index in [1.165, 1.54) is 0 Å². The molecule has 1 heterocycles. The molecule has 5 heteroatoms. The quantitative estimate of drug-likeness (QED) is 0.619. The molecule has 1 aromatic rings. The maximum absolute atomic E-state index is 11.7. The van der Waals surface area contributed by atoms with E-state index in [1.54, 1.807) is 12.2 Å². The average Bonchev–Trinajstić information content (AvgIpc) is 2.54. The molecule has 1 saturated heterocycles. The molecule has 1 fully saturated rings. The van der Waals surface area contributed by atoms with Gasteiger partial charge in [0.2, 0.25) is 5.91 Å². The largest absolute Gasteiger partial charge is 0.379 e. The highest BCUT2D eigenvalue weighted by Crippen LogP contribution is 2.11. The summed E-state index contributed by atoms with van der Waals surface area (Å²) in [5.74, 6) is -0.0636. The van der Waals surface area contributed by atoms with Crippen LogP contribution in [0.3, 0.4) is 0 Å². The van der Waals surface area contributed by atoms with Crippen molar-refractivity contribution in [3.8, 4) is 0 Å². The van der Waals surface area contributed by atoms with Crippen LogP contribution in [0.15, 0.2) is 30.3 Å². The van der Waals surface area contributed by atoms with Gasteiger partial charge in [-0.15, -0.1) is 0 Å². The first-order valence-corrected chi connectivity index (χ1v) is 8.13. The molecule has 4 nitrogen and oxygen atoms in total. The number of nitrogens with zero attached hydrogens (tertiary/aromatic N) is 1.